The molecular weight excluding hydrogens is 431 g/mol. The fourth-order valence-corrected chi connectivity index (χ4v) is 2.41. The van der Waals surface area contributed by atoms with Crippen LogP contribution in [-0.2, 0) is 7.59 Å². The molecule has 0 unspecified atom stereocenters. The lowest BCUT2D eigenvalue weighted by Crippen LogP contribution is -2.16. The van der Waals surface area contributed by atoms with Gasteiger partial charge in [-0.05, 0) is 18.4 Å². The molecule has 0 saturated heterocycles. The van der Waals surface area contributed by atoms with Crippen molar-refractivity contribution < 1.29 is 0 Å². The van der Waals surface area contributed by atoms with Crippen LogP contribution in [0.15, 0.2) is 29.2 Å². The third-order valence-electron chi connectivity index (χ3n) is 2.49. The highest BCUT2D eigenvalue weighted by molar-refractivity contribution is 7.98. The zero-order valence-corrected chi connectivity index (χ0v) is 16.2. The quantitative estimate of drug-likeness (QED) is 0.432. The Morgan fingerprint density at radius 3 is 1.59 bits per heavy atom. The highest BCUT2D eigenvalue weighted by Gasteiger charge is 2.33. The summed E-state index contributed by atoms with van der Waals surface area (Å²) in [6.07, 6.45) is 1.97. The molecule has 22 heavy (non-hydrogen) atoms. The topological polar surface area (TPSA) is 38.7 Å². The summed E-state index contributed by atoms with van der Waals surface area (Å²) in [6.45, 7) is 0. The van der Waals surface area contributed by atoms with Crippen molar-refractivity contribution in [1.29, 1.82) is 0 Å². The van der Waals surface area contributed by atoms with E-state index in [4.69, 9.17) is 69.6 Å². The van der Waals surface area contributed by atoms with Crippen molar-refractivity contribution in [2.45, 2.75) is 12.5 Å². The average Bonchev–Trinajstić information content (AvgIpc) is 2.45. The molecule has 2 rings (SSSR count). The molecule has 1 aromatic heterocycles. The SMILES string of the molecule is CSc1ccc(-c2nc(C(Cl)(Cl)Cl)nc(C(Cl)(Cl)Cl)n2)cc1. The first-order valence-corrected chi connectivity index (χ1v) is 9.15. The minimum atomic E-state index is -1.86. The number of hydrogen-bond donors (Lipinski definition) is 0. The maximum absolute atomic E-state index is 5.83. The number of rotatable bonds is 2. The lowest BCUT2D eigenvalue weighted by atomic mass is 10.2. The zero-order valence-electron chi connectivity index (χ0n) is 10.8. The fraction of sp³-hybridized carbons (Fsp3) is 0.250. The summed E-state index contributed by atoms with van der Waals surface area (Å²) in [5.74, 6) is 0.0286. The summed E-state index contributed by atoms with van der Waals surface area (Å²) in [5, 5.41) is 0. The maximum Gasteiger partial charge on any atom is 0.250 e. The standard InChI is InChI=1S/C12H7Cl6N3S/c1-22-7-4-2-6(3-5-7)8-19-9(11(13,14)15)21-10(20-8)12(16,17)18/h2-5H,1H3. The second kappa shape index (κ2) is 7.06. The Morgan fingerprint density at radius 2 is 1.23 bits per heavy atom. The molecule has 0 radical (unpaired) electrons. The van der Waals surface area contributed by atoms with Gasteiger partial charge in [0.15, 0.2) is 17.5 Å². The summed E-state index contributed by atoms with van der Waals surface area (Å²) in [6, 6.07) is 7.47. The zero-order chi connectivity index (χ0) is 16.5. The van der Waals surface area contributed by atoms with Gasteiger partial charge in [0.2, 0.25) is 7.59 Å². The van der Waals surface area contributed by atoms with Gasteiger partial charge in [-0.15, -0.1) is 11.8 Å². The van der Waals surface area contributed by atoms with E-state index in [-0.39, 0.29) is 17.5 Å². The second-order valence-corrected chi connectivity index (χ2v) is 9.47. The van der Waals surface area contributed by atoms with Gasteiger partial charge < -0.3 is 0 Å². The molecular formula is C12H7Cl6N3S. The lowest BCUT2D eigenvalue weighted by Gasteiger charge is -2.15. The number of nitrogens with zero attached hydrogens (tertiary/aromatic N) is 3. The van der Waals surface area contributed by atoms with Crippen molar-refractivity contribution in [3.63, 3.8) is 0 Å². The molecule has 0 aliphatic carbocycles. The van der Waals surface area contributed by atoms with Crippen LogP contribution in [0.5, 0.6) is 0 Å². The molecule has 0 bridgehead atoms. The molecule has 0 aliphatic heterocycles. The fourth-order valence-electron chi connectivity index (χ4n) is 1.50. The van der Waals surface area contributed by atoms with Gasteiger partial charge in [-0.2, -0.15) is 0 Å². The van der Waals surface area contributed by atoms with Crippen LogP contribution < -0.4 is 0 Å². The van der Waals surface area contributed by atoms with Crippen molar-refractivity contribution in [2.75, 3.05) is 6.26 Å². The van der Waals surface area contributed by atoms with Crippen molar-refractivity contribution >= 4 is 81.4 Å². The summed E-state index contributed by atoms with van der Waals surface area (Å²) < 4.78 is -3.72. The van der Waals surface area contributed by atoms with Crippen LogP contribution in [0.2, 0.25) is 0 Å². The second-order valence-electron chi connectivity index (χ2n) is 4.03. The summed E-state index contributed by atoms with van der Waals surface area (Å²) >= 11 is 36.6. The van der Waals surface area contributed by atoms with E-state index >= 15 is 0 Å². The van der Waals surface area contributed by atoms with E-state index < -0.39 is 7.59 Å². The number of alkyl halides is 6. The third kappa shape index (κ3) is 4.67. The van der Waals surface area contributed by atoms with Crippen molar-refractivity contribution in [3.05, 3.63) is 35.9 Å². The molecule has 0 aliphatic rings. The first-order valence-electron chi connectivity index (χ1n) is 5.66. The van der Waals surface area contributed by atoms with Gasteiger partial charge in [0.1, 0.15) is 0 Å². The van der Waals surface area contributed by atoms with E-state index in [2.05, 4.69) is 15.0 Å². The largest absolute Gasteiger partial charge is 0.250 e. The van der Waals surface area contributed by atoms with Gasteiger partial charge in [0.25, 0.3) is 0 Å². The summed E-state index contributed by atoms with van der Waals surface area (Å²) in [5.41, 5.74) is 0.686. The molecule has 0 amide bonds. The van der Waals surface area contributed by atoms with Crippen molar-refractivity contribution in [3.8, 4) is 11.4 Å². The van der Waals surface area contributed by atoms with Gasteiger partial charge in [-0.25, -0.2) is 15.0 Å². The molecule has 1 heterocycles. The summed E-state index contributed by atoms with van der Waals surface area (Å²) in [7, 11) is 0. The van der Waals surface area contributed by atoms with Gasteiger partial charge in [-0.1, -0.05) is 81.7 Å². The van der Waals surface area contributed by atoms with E-state index in [1.165, 1.54) is 0 Å². The molecule has 0 spiro atoms. The minimum absolute atomic E-state index is 0.113. The van der Waals surface area contributed by atoms with Crippen LogP contribution >= 0.6 is 81.4 Å². The molecule has 2 aromatic rings. The van der Waals surface area contributed by atoms with Crippen LogP contribution in [0.4, 0.5) is 0 Å². The Labute approximate surface area is 161 Å². The van der Waals surface area contributed by atoms with E-state index in [1.807, 2.05) is 30.5 Å². The first kappa shape index (κ1) is 18.7. The minimum Gasteiger partial charge on any atom is -0.209 e. The normalized spacial score (nSPS) is 12.5. The number of halogens is 6. The Bertz CT molecular complexity index is 634. The van der Waals surface area contributed by atoms with Crippen LogP contribution in [0, 0.1) is 0 Å². The highest BCUT2D eigenvalue weighted by Crippen LogP contribution is 2.40. The molecule has 3 nitrogen and oxygen atoms in total. The number of thioether (sulfide) groups is 1. The molecule has 0 N–H and O–H groups in total. The predicted octanol–water partition coefficient (Wildman–Crippen LogP) is 5.91. The number of hydrogen-bond acceptors (Lipinski definition) is 4. The smallest absolute Gasteiger partial charge is 0.209 e. The van der Waals surface area contributed by atoms with Crippen LogP contribution in [-0.4, -0.2) is 21.2 Å². The molecule has 1 aromatic carbocycles. The Balaban J connectivity index is 2.59. The molecule has 10 heteroatoms. The van der Waals surface area contributed by atoms with Gasteiger partial charge >= 0.3 is 0 Å². The van der Waals surface area contributed by atoms with Crippen molar-refractivity contribution in [2.24, 2.45) is 0 Å². The number of aromatic nitrogens is 3. The highest BCUT2D eigenvalue weighted by atomic mass is 35.6. The Hall–Kier alpha value is 0.320. The first-order chi connectivity index (χ1) is 10.1. The monoisotopic (exact) mass is 435 g/mol. The van der Waals surface area contributed by atoms with Gasteiger partial charge in [0, 0.05) is 10.5 Å². The molecule has 0 atom stereocenters. The Kier molecular flexibility index (Phi) is 5.98. The van der Waals surface area contributed by atoms with E-state index in [9.17, 15) is 0 Å². The van der Waals surface area contributed by atoms with E-state index in [1.54, 1.807) is 11.8 Å². The van der Waals surface area contributed by atoms with E-state index in [0.29, 0.717) is 5.56 Å². The maximum atomic E-state index is 5.83. The number of benzene rings is 1. The van der Waals surface area contributed by atoms with E-state index in [0.717, 1.165) is 4.90 Å². The molecule has 0 saturated carbocycles. The van der Waals surface area contributed by atoms with Crippen LogP contribution in [0.3, 0.4) is 0 Å². The van der Waals surface area contributed by atoms with Crippen molar-refractivity contribution in [1.82, 2.24) is 15.0 Å². The van der Waals surface area contributed by atoms with Gasteiger partial charge in [-0.3, -0.25) is 0 Å². The molecule has 118 valence electrons. The van der Waals surface area contributed by atoms with Gasteiger partial charge in [0.05, 0.1) is 0 Å². The molecule has 0 fully saturated rings. The summed E-state index contributed by atoms with van der Waals surface area (Å²) in [4.78, 5) is 13.3. The van der Waals surface area contributed by atoms with Crippen LogP contribution in [0.25, 0.3) is 11.4 Å². The average molecular weight is 438 g/mol. The Morgan fingerprint density at radius 1 is 0.773 bits per heavy atom. The predicted molar refractivity (Wildman–Crippen MR) is 95.5 cm³/mol. The lowest BCUT2D eigenvalue weighted by molar-refractivity contribution is 0.851. The third-order valence-corrected chi connectivity index (χ3v) is 4.25. The van der Waals surface area contributed by atoms with Crippen LogP contribution in [0.1, 0.15) is 11.6 Å².